The third-order valence-electron chi connectivity index (χ3n) is 2.98. The Morgan fingerprint density at radius 3 is 2.81 bits per heavy atom. The molecule has 0 aromatic heterocycles. The largest absolute Gasteiger partial charge is 0.382 e. The van der Waals surface area contributed by atoms with Gasteiger partial charge < -0.3 is 9.64 Å². The van der Waals surface area contributed by atoms with Gasteiger partial charge >= 0.3 is 0 Å². The van der Waals surface area contributed by atoms with Crippen LogP contribution < -0.4 is 0 Å². The van der Waals surface area contributed by atoms with Crippen LogP contribution in [0.2, 0.25) is 0 Å². The minimum atomic E-state index is 0.137. The van der Waals surface area contributed by atoms with Gasteiger partial charge in [0.05, 0.1) is 12.6 Å². The van der Waals surface area contributed by atoms with Crippen molar-refractivity contribution in [2.75, 3.05) is 20.2 Å². The van der Waals surface area contributed by atoms with Crippen molar-refractivity contribution in [3.05, 3.63) is 0 Å². The minimum absolute atomic E-state index is 0.137. The number of terminal acetylenes is 1. The number of rotatable bonds is 7. The van der Waals surface area contributed by atoms with E-state index in [1.165, 1.54) is 12.8 Å². The number of amides is 1. The Kier molecular flexibility index (Phi) is 5.34. The highest BCUT2D eigenvalue weighted by Gasteiger charge is 2.26. The molecule has 16 heavy (non-hydrogen) atoms. The van der Waals surface area contributed by atoms with Crippen LogP contribution in [0.5, 0.6) is 0 Å². The summed E-state index contributed by atoms with van der Waals surface area (Å²) in [5.41, 5.74) is 0. The number of nitrogens with zero attached hydrogens (tertiary/aromatic N) is 1. The highest BCUT2D eigenvalue weighted by molar-refractivity contribution is 5.76. The van der Waals surface area contributed by atoms with Gasteiger partial charge in [0, 0.05) is 20.1 Å². The number of hydrogen-bond donors (Lipinski definition) is 0. The summed E-state index contributed by atoms with van der Waals surface area (Å²) in [6, 6.07) is 0. The first kappa shape index (κ1) is 13.1. The van der Waals surface area contributed by atoms with Gasteiger partial charge in [0.2, 0.25) is 5.91 Å². The molecule has 1 aliphatic carbocycles. The zero-order valence-electron chi connectivity index (χ0n) is 10.2. The molecule has 0 radical (unpaired) electrons. The SMILES string of the molecule is C#CCN(CC1CC1)C(=O)CCC(C)OC. The van der Waals surface area contributed by atoms with Gasteiger partial charge in [-0.1, -0.05) is 5.92 Å². The van der Waals surface area contributed by atoms with E-state index in [0.717, 1.165) is 13.0 Å². The van der Waals surface area contributed by atoms with Crippen LogP contribution in [0.1, 0.15) is 32.6 Å². The topological polar surface area (TPSA) is 29.5 Å². The molecule has 0 aliphatic heterocycles. The molecule has 0 aromatic rings. The third-order valence-corrected chi connectivity index (χ3v) is 2.98. The highest BCUT2D eigenvalue weighted by Crippen LogP contribution is 2.29. The number of ether oxygens (including phenoxy) is 1. The summed E-state index contributed by atoms with van der Waals surface area (Å²) >= 11 is 0. The summed E-state index contributed by atoms with van der Waals surface area (Å²) < 4.78 is 5.12. The molecule has 1 rings (SSSR count). The van der Waals surface area contributed by atoms with Gasteiger partial charge in [-0.3, -0.25) is 4.79 Å². The first-order valence-corrected chi connectivity index (χ1v) is 5.91. The summed E-state index contributed by atoms with van der Waals surface area (Å²) in [4.78, 5) is 13.7. The van der Waals surface area contributed by atoms with Crippen LogP contribution >= 0.6 is 0 Å². The molecule has 3 nitrogen and oxygen atoms in total. The van der Waals surface area contributed by atoms with E-state index in [-0.39, 0.29) is 12.0 Å². The molecular weight excluding hydrogens is 202 g/mol. The Bertz CT molecular complexity index is 266. The predicted octanol–water partition coefficient (Wildman–Crippen LogP) is 1.67. The van der Waals surface area contributed by atoms with E-state index < -0.39 is 0 Å². The van der Waals surface area contributed by atoms with Gasteiger partial charge in [0.1, 0.15) is 0 Å². The zero-order chi connectivity index (χ0) is 12.0. The maximum Gasteiger partial charge on any atom is 0.223 e. The molecule has 0 aromatic carbocycles. The lowest BCUT2D eigenvalue weighted by molar-refractivity contribution is -0.131. The normalized spacial score (nSPS) is 16.6. The van der Waals surface area contributed by atoms with Crippen molar-refractivity contribution in [1.29, 1.82) is 0 Å². The number of hydrogen-bond acceptors (Lipinski definition) is 2. The Morgan fingerprint density at radius 2 is 2.31 bits per heavy atom. The summed E-state index contributed by atoms with van der Waals surface area (Å²) in [5.74, 6) is 3.41. The van der Waals surface area contributed by atoms with Gasteiger partial charge in [-0.2, -0.15) is 0 Å². The summed E-state index contributed by atoms with van der Waals surface area (Å²) in [6.07, 6.45) is 9.19. The van der Waals surface area contributed by atoms with Crippen LogP contribution in [0.3, 0.4) is 0 Å². The molecule has 1 saturated carbocycles. The van der Waals surface area contributed by atoms with Crippen molar-refractivity contribution in [2.45, 2.75) is 38.7 Å². The molecular formula is C13H21NO2. The fourth-order valence-electron chi connectivity index (χ4n) is 1.58. The fourth-order valence-corrected chi connectivity index (χ4v) is 1.58. The van der Waals surface area contributed by atoms with E-state index in [9.17, 15) is 4.79 Å². The predicted molar refractivity (Wildman–Crippen MR) is 63.8 cm³/mol. The van der Waals surface area contributed by atoms with Crippen molar-refractivity contribution in [1.82, 2.24) is 4.90 Å². The summed E-state index contributed by atoms with van der Waals surface area (Å²) in [7, 11) is 1.67. The van der Waals surface area contributed by atoms with Crippen LogP contribution in [0.4, 0.5) is 0 Å². The molecule has 0 saturated heterocycles. The van der Waals surface area contributed by atoms with Crippen LogP contribution in [0.15, 0.2) is 0 Å². The Morgan fingerprint density at radius 1 is 1.62 bits per heavy atom. The van der Waals surface area contributed by atoms with Gasteiger partial charge in [-0.25, -0.2) is 0 Å². The number of carbonyl (C=O) groups is 1. The van der Waals surface area contributed by atoms with Crippen LogP contribution in [0, 0.1) is 18.3 Å². The van der Waals surface area contributed by atoms with Gasteiger partial charge in [-0.15, -0.1) is 6.42 Å². The van der Waals surface area contributed by atoms with E-state index in [0.29, 0.717) is 18.9 Å². The smallest absolute Gasteiger partial charge is 0.223 e. The van der Waals surface area contributed by atoms with E-state index >= 15 is 0 Å². The zero-order valence-corrected chi connectivity index (χ0v) is 10.2. The average molecular weight is 223 g/mol. The van der Waals surface area contributed by atoms with Crippen molar-refractivity contribution in [2.24, 2.45) is 5.92 Å². The van der Waals surface area contributed by atoms with E-state index in [1.807, 2.05) is 6.92 Å². The van der Waals surface area contributed by atoms with E-state index in [4.69, 9.17) is 11.2 Å². The molecule has 1 aliphatic rings. The van der Waals surface area contributed by atoms with Gasteiger partial charge in [0.25, 0.3) is 0 Å². The fraction of sp³-hybridized carbons (Fsp3) is 0.769. The first-order chi connectivity index (χ1) is 7.67. The Hall–Kier alpha value is -1.01. The van der Waals surface area contributed by atoms with Crippen molar-refractivity contribution in [3.8, 4) is 12.3 Å². The van der Waals surface area contributed by atoms with E-state index in [1.54, 1.807) is 12.0 Å². The quantitative estimate of drug-likeness (QED) is 0.614. The standard InChI is InChI=1S/C13H21NO2/c1-4-9-14(10-12-6-7-12)13(15)8-5-11(2)16-3/h1,11-12H,5-10H2,2-3H3. The maximum atomic E-state index is 11.9. The monoisotopic (exact) mass is 223 g/mol. The second kappa shape index (κ2) is 6.55. The lowest BCUT2D eigenvalue weighted by Crippen LogP contribution is -2.33. The molecule has 0 heterocycles. The van der Waals surface area contributed by atoms with Gasteiger partial charge in [-0.05, 0) is 32.1 Å². The van der Waals surface area contributed by atoms with Crippen LogP contribution in [0.25, 0.3) is 0 Å². The summed E-state index contributed by atoms with van der Waals surface area (Å²) in [5, 5.41) is 0. The molecule has 90 valence electrons. The molecule has 1 amide bonds. The van der Waals surface area contributed by atoms with Crippen LogP contribution in [-0.4, -0.2) is 37.1 Å². The molecule has 1 fully saturated rings. The number of carbonyl (C=O) groups excluding carboxylic acids is 1. The highest BCUT2D eigenvalue weighted by atomic mass is 16.5. The molecule has 0 bridgehead atoms. The first-order valence-electron chi connectivity index (χ1n) is 5.91. The van der Waals surface area contributed by atoms with Gasteiger partial charge in [0.15, 0.2) is 0 Å². The minimum Gasteiger partial charge on any atom is -0.382 e. The lowest BCUT2D eigenvalue weighted by atomic mass is 10.2. The third kappa shape index (κ3) is 4.67. The molecule has 0 N–H and O–H groups in total. The van der Waals surface area contributed by atoms with E-state index in [2.05, 4.69) is 5.92 Å². The Balaban J connectivity index is 2.31. The molecule has 3 heteroatoms. The Labute approximate surface area is 98.1 Å². The van der Waals surface area contributed by atoms with Crippen LogP contribution in [-0.2, 0) is 9.53 Å². The maximum absolute atomic E-state index is 11.9. The molecule has 1 atom stereocenters. The lowest BCUT2D eigenvalue weighted by Gasteiger charge is -2.20. The number of methoxy groups -OCH3 is 1. The second-order valence-electron chi connectivity index (χ2n) is 4.51. The second-order valence-corrected chi connectivity index (χ2v) is 4.51. The average Bonchev–Trinajstić information content (AvgIpc) is 3.08. The van der Waals surface area contributed by atoms with Crippen molar-refractivity contribution in [3.63, 3.8) is 0 Å². The van der Waals surface area contributed by atoms with Crippen molar-refractivity contribution < 1.29 is 9.53 Å². The molecule has 1 unspecified atom stereocenters. The molecule has 0 spiro atoms. The van der Waals surface area contributed by atoms with Crippen molar-refractivity contribution >= 4 is 5.91 Å². The summed E-state index contributed by atoms with van der Waals surface area (Å²) in [6.45, 7) is 3.25.